The van der Waals surface area contributed by atoms with Crippen LogP contribution in [0.5, 0.6) is 5.75 Å². The summed E-state index contributed by atoms with van der Waals surface area (Å²) in [6, 6.07) is 11.0. The Labute approximate surface area is 137 Å². The quantitative estimate of drug-likeness (QED) is 0.621. The van der Waals surface area contributed by atoms with Crippen LogP contribution in [0.2, 0.25) is 10.0 Å². The standard InChI is InChI=1S/C15H11Cl3N2O/c1-21-10-3-4-11(18)14(7-10)20-13-5-2-9(17)6-12(13)19-15(20)8-16/h2-7H,8H2,1H3. The molecule has 21 heavy (non-hydrogen) atoms. The number of fused-ring (bicyclic) bond motifs is 1. The molecule has 0 N–H and O–H groups in total. The monoisotopic (exact) mass is 340 g/mol. The number of rotatable bonds is 3. The predicted octanol–water partition coefficient (Wildman–Crippen LogP) is 5.08. The molecule has 0 amide bonds. The van der Waals surface area contributed by atoms with E-state index in [0.29, 0.717) is 21.6 Å². The highest BCUT2D eigenvalue weighted by Gasteiger charge is 2.15. The highest BCUT2D eigenvalue weighted by Crippen LogP contribution is 2.31. The van der Waals surface area contributed by atoms with E-state index in [2.05, 4.69) is 4.98 Å². The second-order valence-electron chi connectivity index (χ2n) is 4.45. The van der Waals surface area contributed by atoms with E-state index in [1.54, 1.807) is 19.2 Å². The number of methoxy groups -OCH3 is 1. The number of benzene rings is 2. The first-order valence-corrected chi connectivity index (χ1v) is 7.50. The molecule has 0 aliphatic rings. The molecule has 0 aliphatic heterocycles. The number of nitrogens with zero attached hydrogens (tertiary/aromatic N) is 2. The fourth-order valence-corrected chi connectivity index (χ4v) is 2.80. The van der Waals surface area contributed by atoms with Gasteiger partial charge in [-0.1, -0.05) is 23.2 Å². The van der Waals surface area contributed by atoms with Gasteiger partial charge in [-0.25, -0.2) is 4.98 Å². The Balaban J connectivity index is 2.33. The van der Waals surface area contributed by atoms with E-state index in [4.69, 9.17) is 39.5 Å². The van der Waals surface area contributed by atoms with Gasteiger partial charge >= 0.3 is 0 Å². The van der Waals surface area contributed by atoms with Crippen molar-refractivity contribution in [2.75, 3.05) is 7.11 Å². The molecule has 0 bridgehead atoms. The van der Waals surface area contributed by atoms with Crippen LogP contribution in [0.3, 0.4) is 0 Å². The smallest absolute Gasteiger partial charge is 0.129 e. The molecule has 0 saturated carbocycles. The van der Waals surface area contributed by atoms with Gasteiger partial charge in [0.15, 0.2) is 0 Å². The largest absolute Gasteiger partial charge is 0.497 e. The van der Waals surface area contributed by atoms with Crippen LogP contribution in [0.1, 0.15) is 5.82 Å². The van der Waals surface area contributed by atoms with Crippen molar-refractivity contribution in [1.29, 1.82) is 0 Å². The van der Waals surface area contributed by atoms with Crippen molar-refractivity contribution < 1.29 is 4.74 Å². The van der Waals surface area contributed by atoms with Crippen molar-refractivity contribution in [3.63, 3.8) is 0 Å². The number of aromatic nitrogens is 2. The maximum Gasteiger partial charge on any atom is 0.129 e. The van der Waals surface area contributed by atoms with Crippen LogP contribution in [0, 0.1) is 0 Å². The van der Waals surface area contributed by atoms with Crippen LogP contribution in [-0.2, 0) is 5.88 Å². The van der Waals surface area contributed by atoms with Gasteiger partial charge in [0.2, 0.25) is 0 Å². The highest BCUT2D eigenvalue weighted by molar-refractivity contribution is 6.32. The molecule has 1 heterocycles. The third-order valence-electron chi connectivity index (χ3n) is 3.20. The first-order valence-electron chi connectivity index (χ1n) is 6.21. The number of alkyl halides is 1. The Morgan fingerprint density at radius 1 is 1.14 bits per heavy atom. The van der Waals surface area contributed by atoms with Gasteiger partial charge in [0, 0.05) is 11.1 Å². The fraction of sp³-hybridized carbons (Fsp3) is 0.133. The number of imidazole rings is 1. The molecule has 3 nitrogen and oxygen atoms in total. The second kappa shape index (κ2) is 5.76. The third kappa shape index (κ3) is 2.57. The van der Waals surface area contributed by atoms with Crippen LogP contribution in [0.25, 0.3) is 16.7 Å². The molecular formula is C15H11Cl3N2O. The Bertz CT molecular complexity index is 814. The van der Waals surface area contributed by atoms with Crippen molar-refractivity contribution >= 4 is 45.8 Å². The Morgan fingerprint density at radius 2 is 1.95 bits per heavy atom. The summed E-state index contributed by atoms with van der Waals surface area (Å²) in [7, 11) is 1.61. The van der Waals surface area contributed by atoms with Crippen LogP contribution in [-0.4, -0.2) is 16.7 Å². The molecule has 0 atom stereocenters. The first-order chi connectivity index (χ1) is 10.1. The summed E-state index contributed by atoms with van der Waals surface area (Å²) in [4.78, 5) is 4.51. The average molecular weight is 342 g/mol. The fourth-order valence-electron chi connectivity index (χ4n) is 2.25. The molecule has 0 unspecified atom stereocenters. The predicted molar refractivity (Wildman–Crippen MR) is 87.2 cm³/mol. The van der Waals surface area contributed by atoms with Gasteiger partial charge in [-0.15, -0.1) is 11.6 Å². The van der Waals surface area contributed by atoms with E-state index in [9.17, 15) is 0 Å². The minimum Gasteiger partial charge on any atom is -0.497 e. The molecule has 6 heteroatoms. The van der Waals surface area contributed by atoms with E-state index in [0.717, 1.165) is 16.7 Å². The van der Waals surface area contributed by atoms with Gasteiger partial charge in [0.1, 0.15) is 11.6 Å². The van der Waals surface area contributed by atoms with Crippen molar-refractivity contribution in [2.45, 2.75) is 5.88 Å². The highest BCUT2D eigenvalue weighted by atomic mass is 35.5. The number of hydrogen-bond acceptors (Lipinski definition) is 2. The lowest BCUT2D eigenvalue weighted by Crippen LogP contribution is -2.00. The van der Waals surface area contributed by atoms with E-state index in [-0.39, 0.29) is 5.88 Å². The Morgan fingerprint density at radius 3 is 2.67 bits per heavy atom. The zero-order valence-electron chi connectivity index (χ0n) is 11.1. The molecule has 0 spiro atoms. The van der Waals surface area contributed by atoms with Gasteiger partial charge in [-0.05, 0) is 30.3 Å². The SMILES string of the molecule is COc1ccc(Cl)c(-n2c(CCl)nc3cc(Cl)ccc32)c1. The van der Waals surface area contributed by atoms with Crippen LogP contribution >= 0.6 is 34.8 Å². The summed E-state index contributed by atoms with van der Waals surface area (Å²) in [5, 5.41) is 1.22. The lowest BCUT2D eigenvalue weighted by molar-refractivity contribution is 0.414. The van der Waals surface area contributed by atoms with Gasteiger partial charge in [-0.2, -0.15) is 0 Å². The minimum atomic E-state index is 0.264. The Hall–Kier alpha value is -1.42. The molecule has 2 aromatic carbocycles. The molecule has 1 aromatic heterocycles. The summed E-state index contributed by atoms with van der Waals surface area (Å²) >= 11 is 18.4. The molecular weight excluding hydrogens is 331 g/mol. The normalized spacial score (nSPS) is 11.0. The molecule has 108 valence electrons. The van der Waals surface area contributed by atoms with Crippen molar-refractivity contribution in [2.24, 2.45) is 0 Å². The summed E-state index contributed by atoms with van der Waals surface area (Å²) in [6.07, 6.45) is 0. The van der Waals surface area contributed by atoms with Gasteiger partial charge in [0.05, 0.1) is 34.7 Å². The first kappa shape index (κ1) is 14.5. The lowest BCUT2D eigenvalue weighted by Gasteiger charge is -2.11. The van der Waals surface area contributed by atoms with Crippen LogP contribution in [0.15, 0.2) is 36.4 Å². The minimum absolute atomic E-state index is 0.264. The van der Waals surface area contributed by atoms with Crippen molar-refractivity contribution in [1.82, 2.24) is 9.55 Å². The van der Waals surface area contributed by atoms with E-state index in [1.807, 2.05) is 28.8 Å². The summed E-state index contributed by atoms with van der Waals surface area (Å²) in [6.45, 7) is 0. The molecule has 0 radical (unpaired) electrons. The van der Waals surface area contributed by atoms with Crippen molar-refractivity contribution in [3.05, 3.63) is 52.3 Å². The summed E-state index contributed by atoms with van der Waals surface area (Å²) in [5.74, 6) is 1.68. The average Bonchev–Trinajstić information content (AvgIpc) is 2.85. The van der Waals surface area contributed by atoms with E-state index < -0.39 is 0 Å². The summed E-state index contributed by atoms with van der Waals surface area (Å²) in [5.41, 5.74) is 2.44. The van der Waals surface area contributed by atoms with E-state index in [1.165, 1.54) is 0 Å². The molecule has 3 aromatic rings. The van der Waals surface area contributed by atoms with Crippen LogP contribution < -0.4 is 4.74 Å². The maximum atomic E-state index is 6.33. The number of ether oxygens (including phenoxy) is 1. The zero-order valence-corrected chi connectivity index (χ0v) is 13.4. The molecule has 0 fully saturated rings. The van der Waals surface area contributed by atoms with Crippen molar-refractivity contribution in [3.8, 4) is 11.4 Å². The van der Waals surface area contributed by atoms with Crippen LogP contribution in [0.4, 0.5) is 0 Å². The van der Waals surface area contributed by atoms with Gasteiger partial charge in [0.25, 0.3) is 0 Å². The third-order valence-corrected chi connectivity index (χ3v) is 3.99. The molecule has 0 aliphatic carbocycles. The second-order valence-corrected chi connectivity index (χ2v) is 5.56. The van der Waals surface area contributed by atoms with Gasteiger partial charge in [-0.3, -0.25) is 4.57 Å². The number of halogens is 3. The molecule has 3 rings (SSSR count). The summed E-state index contributed by atoms with van der Waals surface area (Å²) < 4.78 is 7.19. The topological polar surface area (TPSA) is 27.1 Å². The Kier molecular flexibility index (Phi) is 3.98. The molecule has 0 saturated heterocycles. The van der Waals surface area contributed by atoms with E-state index >= 15 is 0 Å². The lowest BCUT2D eigenvalue weighted by atomic mass is 10.2. The maximum absolute atomic E-state index is 6.33. The number of hydrogen-bond donors (Lipinski definition) is 0. The zero-order chi connectivity index (χ0) is 15.0. The van der Waals surface area contributed by atoms with Gasteiger partial charge < -0.3 is 4.74 Å².